The summed E-state index contributed by atoms with van der Waals surface area (Å²) in [4.78, 5) is 24.6. The van der Waals surface area contributed by atoms with Crippen LogP contribution in [0.3, 0.4) is 0 Å². The number of aryl methyl sites for hydroxylation is 1. The molecule has 1 fully saturated rings. The van der Waals surface area contributed by atoms with Crippen molar-refractivity contribution in [1.82, 2.24) is 10.6 Å². The Morgan fingerprint density at radius 1 is 1.18 bits per heavy atom. The Labute approximate surface area is 132 Å². The first-order valence-corrected chi connectivity index (χ1v) is 8.06. The maximum Gasteiger partial charge on any atom is 0.235 e. The van der Waals surface area contributed by atoms with Crippen molar-refractivity contribution < 1.29 is 9.59 Å². The summed E-state index contributed by atoms with van der Waals surface area (Å²) in [7, 11) is 0. The average molecular weight is 302 g/mol. The number of nitrogens with one attached hydrogen (secondary N) is 2. The van der Waals surface area contributed by atoms with Gasteiger partial charge in [-0.25, -0.2) is 0 Å². The Balaban J connectivity index is 1.84. The number of hydrogen-bond acceptors (Lipinski definition) is 2. The van der Waals surface area contributed by atoms with Gasteiger partial charge < -0.3 is 10.6 Å². The molecule has 0 heterocycles. The SMILES string of the molecule is Cc1cccc(CNC(=O)C2(C(=O)NCCC(C)C)CC2)c1. The lowest BCUT2D eigenvalue weighted by Gasteiger charge is -2.16. The molecular weight excluding hydrogens is 276 g/mol. The maximum absolute atomic E-state index is 12.4. The van der Waals surface area contributed by atoms with Crippen LogP contribution in [0.25, 0.3) is 0 Å². The minimum atomic E-state index is -0.819. The average Bonchev–Trinajstić information content (AvgIpc) is 3.26. The monoisotopic (exact) mass is 302 g/mol. The second-order valence-electron chi connectivity index (χ2n) is 6.69. The molecule has 4 heteroatoms. The van der Waals surface area contributed by atoms with E-state index in [1.165, 1.54) is 5.56 Å². The molecule has 2 N–H and O–H groups in total. The minimum Gasteiger partial charge on any atom is -0.355 e. The quantitative estimate of drug-likeness (QED) is 0.761. The number of rotatable bonds is 7. The van der Waals surface area contributed by atoms with E-state index in [2.05, 4.69) is 24.5 Å². The second kappa shape index (κ2) is 6.95. The summed E-state index contributed by atoms with van der Waals surface area (Å²) in [6.07, 6.45) is 2.24. The lowest BCUT2D eigenvalue weighted by molar-refractivity contribution is -0.137. The van der Waals surface area contributed by atoms with E-state index in [4.69, 9.17) is 0 Å². The molecular formula is C18H26N2O2. The number of benzene rings is 1. The first-order chi connectivity index (χ1) is 10.4. The molecule has 0 atom stereocenters. The fourth-order valence-corrected chi connectivity index (χ4v) is 2.50. The predicted octanol–water partition coefficient (Wildman–Crippen LogP) is 2.55. The molecule has 1 aromatic carbocycles. The Morgan fingerprint density at radius 3 is 2.45 bits per heavy atom. The lowest BCUT2D eigenvalue weighted by atomic mass is 10.0. The fourth-order valence-electron chi connectivity index (χ4n) is 2.50. The molecule has 0 spiro atoms. The van der Waals surface area contributed by atoms with Crippen LogP contribution in [0, 0.1) is 18.3 Å². The van der Waals surface area contributed by atoms with E-state index in [-0.39, 0.29) is 11.8 Å². The first kappa shape index (κ1) is 16.5. The van der Waals surface area contributed by atoms with Crippen molar-refractivity contribution in [2.45, 2.75) is 46.6 Å². The van der Waals surface area contributed by atoms with Gasteiger partial charge in [0, 0.05) is 13.1 Å². The van der Waals surface area contributed by atoms with Gasteiger partial charge in [0.05, 0.1) is 0 Å². The first-order valence-electron chi connectivity index (χ1n) is 8.06. The van der Waals surface area contributed by atoms with Crippen LogP contribution < -0.4 is 10.6 Å². The van der Waals surface area contributed by atoms with Gasteiger partial charge in [-0.15, -0.1) is 0 Å². The summed E-state index contributed by atoms with van der Waals surface area (Å²) in [5.41, 5.74) is 1.41. The molecule has 22 heavy (non-hydrogen) atoms. The predicted molar refractivity (Wildman–Crippen MR) is 87.2 cm³/mol. The molecule has 0 aromatic heterocycles. The smallest absolute Gasteiger partial charge is 0.235 e. The van der Waals surface area contributed by atoms with Gasteiger partial charge in [-0.05, 0) is 37.7 Å². The number of carbonyl (C=O) groups is 2. The van der Waals surface area contributed by atoms with E-state index in [9.17, 15) is 9.59 Å². The standard InChI is InChI=1S/C18H26N2O2/c1-13(2)7-10-19-16(21)18(8-9-18)17(22)20-12-15-6-4-5-14(3)11-15/h4-6,11,13H,7-10,12H2,1-3H3,(H,19,21)(H,20,22). The number of carbonyl (C=O) groups excluding carboxylic acids is 2. The second-order valence-corrected chi connectivity index (χ2v) is 6.69. The van der Waals surface area contributed by atoms with E-state index in [0.29, 0.717) is 31.8 Å². The molecule has 0 unspecified atom stereocenters. The topological polar surface area (TPSA) is 58.2 Å². The summed E-state index contributed by atoms with van der Waals surface area (Å²) in [6.45, 7) is 7.38. The Kier molecular flexibility index (Phi) is 5.22. The number of hydrogen-bond donors (Lipinski definition) is 2. The molecule has 1 aliphatic carbocycles. The molecule has 0 saturated heterocycles. The van der Waals surface area contributed by atoms with E-state index >= 15 is 0 Å². The van der Waals surface area contributed by atoms with Crippen LogP contribution >= 0.6 is 0 Å². The lowest BCUT2D eigenvalue weighted by Crippen LogP contribution is -2.43. The van der Waals surface area contributed by atoms with Crippen LogP contribution in [0.2, 0.25) is 0 Å². The highest BCUT2D eigenvalue weighted by Gasteiger charge is 2.56. The van der Waals surface area contributed by atoms with Gasteiger partial charge in [-0.1, -0.05) is 43.7 Å². The molecule has 120 valence electrons. The van der Waals surface area contributed by atoms with E-state index in [1.807, 2.05) is 31.2 Å². The van der Waals surface area contributed by atoms with Crippen molar-refractivity contribution in [3.8, 4) is 0 Å². The van der Waals surface area contributed by atoms with Gasteiger partial charge in [0.2, 0.25) is 11.8 Å². The highest BCUT2D eigenvalue weighted by Crippen LogP contribution is 2.46. The molecule has 2 amide bonds. The van der Waals surface area contributed by atoms with Crippen LogP contribution in [0.15, 0.2) is 24.3 Å². The van der Waals surface area contributed by atoms with Crippen LogP contribution in [0.4, 0.5) is 0 Å². The van der Waals surface area contributed by atoms with Crippen LogP contribution in [0.5, 0.6) is 0 Å². The van der Waals surface area contributed by atoms with E-state index in [0.717, 1.165) is 12.0 Å². The van der Waals surface area contributed by atoms with Crippen LogP contribution in [-0.2, 0) is 16.1 Å². The summed E-state index contributed by atoms with van der Waals surface area (Å²) >= 11 is 0. The van der Waals surface area contributed by atoms with Crippen molar-refractivity contribution in [2.75, 3.05) is 6.54 Å². The highest BCUT2D eigenvalue weighted by molar-refractivity contribution is 6.07. The Hall–Kier alpha value is -1.84. The molecule has 2 rings (SSSR count). The van der Waals surface area contributed by atoms with Crippen molar-refractivity contribution >= 4 is 11.8 Å². The maximum atomic E-state index is 12.4. The third-order valence-corrected chi connectivity index (χ3v) is 4.16. The molecule has 0 bridgehead atoms. The molecule has 0 radical (unpaired) electrons. The van der Waals surface area contributed by atoms with Crippen LogP contribution in [-0.4, -0.2) is 18.4 Å². The van der Waals surface area contributed by atoms with Crippen molar-refractivity contribution in [3.05, 3.63) is 35.4 Å². The van der Waals surface area contributed by atoms with Gasteiger partial charge >= 0.3 is 0 Å². The highest BCUT2D eigenvalue weighted by atomic mass is 16.2. The van der Waals surface area contributed by atoms with Crippen molar-refractivity contribution in [3.63, 3.8) is 0 Å². The normalized spacial score (nSPS) is 15.5. The summed E-state index contributed by atoms with van der Waals surface area (Å²) < 4.78 is 0. The zero-order chi connectivity index (χ0) is 16.2. The Bertz CT molecular complexity index is 548. The van der Waals surface area contributed by atoms with Crippen LogP contribution in [0.1, 0.15) is 44.2 Å². The number of amides is 2. The van der Waals surface area contributed by atoms with Crippen molar-refractivity contribution in [2.24, 2.45) is 11.3 Å². The zero-order valence-corrected chi connectivity index (χ0v) is 13.7. The summed E-state index contributed by atoms with van der Waals surface area (Å²) in [6, 6.07) is 8.02. The van der Waals surface area contributed by atoms with Gasteiger partial charge in [-0.3, -0.25) is 9.59 Å². The fraction of sp³-hybridized carbons (Fsp3) is 0.556. The van der Waals surface area contributed by atoms with Gasteiger partial charge in [0.15, 0.2) is 0 Å². The summed E-state index contributed by atoms with van der Waals surface area (Å²) in [5.74, 6) is 0.288. The summed E-state index contributed by atoms with van der Waals surface area (Å²) in [5, 5.41) is 5.81. The minimum absolute atomic E-state index is 0.116. The largest absolute Gasteiger partial charge is 0.355 e. The third-order valence-electron chi connectivity index (χ3n) is 4.16. The van der Waals surface area contributed by atoms with E-state index < -0.39 is 5.41 Å². The molecule has 1 aliphatic rings. The van der Waals surface area contributed by atoms with Crippen molar-refractivity contribution in [1.29, 1.82) is 0 Å². The molecule has 1 saturated carbocycles. The third kappa shape index (κ3) is 4.09. The zero-order valence-electron chi connectivity index (χ0n) is 13.7. The van der Waals surface area contributed by atoms with Gasteiger partial charge in [0.25, 0.3) is 0 Å². The van der Waals surface area contributed by atoms with E-state index in [1.54, 1.807) is 0 Å². The van der Waals surface area contributed by atoms with Gasteiger partial charge in [-0.2, -0.15) is 0 Å². The Morgan fingerprint density at radius 2 is 1.86 bits per heavy atom. The molecule has 0 aliphatic heterocycles. The van der Waals surface area contributed by atoms with Gasteiger partial charge in [0.1, 0.15) is 5.41 Å². The molecule has 4 nitrogen and oxygen atoms in total. The molecule has 1 aromatic rings.